The number of urea groups is 1. The summed E-state index contributed by atoms with van der Waals surface area (Å²) in [5.74, 6) is -1.88. The number of imide groups is 1. The molecule has 1 saturated heterocycles. The minimum absolute atomic E-state index is 0.00826. The van der Waals surface area contributed by atoms with Gasteiger partial charge >= 0.3 is 12.1 Å². The van der Waals surface area contributed by atoms with Crippen molar-refractivity contribution in [2.24, 2.45) is 5.73 Å². The van der Waals surface area contributed by atoms with Gasteiger partial charge in [0.1, 0.15) is 18.5 Å². The summed E-state index contributed by atoms with van der Waals surface area (Å²) in [6.45, 7) is -0.376. The number of methoxy groups -OCH3 is 1. The molecular formula is C17H20IN5O7. The van der Waals surface area contributed by atoms with E-state index in [4.69, 9.17) is 15.6 Å². The summed E-state index contributed by atoms with van der Waals surface area (Å²) in [6.07, 6.45) is -2.10. The second-order valence-corrected chi connectivity index (χ2v) is 7.44. The summed E-state index contributed by atoms with van der Waals surface area (Å²) < 4.78 is 6.14. The van der Waals surface area contributed by atoms with Crippen LogP contribution in [0.4, 0.5) is 15.3 Å². The van der Waals surface area contributed by atoms with Crippen LogP contribution >= 0.6 is 22.6 Å². The van der Waals surface area contributed by atoms with Crippen LogP contribution in [0.1, 0.15) is 12.8 Å². The minimum Gasteiger partial charge on any atom is -0.495 e. The van der Waals surface area contributed by atoms with Crippen molar-refractivity contribution < 1.29 is 33.8 Å². The van der Waals surface area contributed by atoms with E-state index in [-0.39, 0.29) is 13.0 Å². The zero-order chi connectivity index (χ0) is 22.4. The molecular weight excluding hydrogens is 513 g/mol. The predicted molar refractivity (Wildman–Crippen MR) is 112 cm³/mol. The van der Waals surface area contributed by atoms with E-state index in [9.17, 15) is 24.0 Å². The summed E-state index contributed by atoms with van der Waals surface area (Å²) in [6, 6.07) is 3.09. The molecule has 1 aliphatic heterocycles. The number of benzene rings is 1. The summed E-state index contributed by atoms with van der Waals surface area (Å²) >= 11 is 2.08. The molecule has 1 atom stereocenters. The number of nitrogens with two attached hydrogens (primary N) is 1. The molecule has 6 amide bonds. The SMILES string of the molecule is COc1ccc(I)cc1N1CCC(=O)N(CNC(=O)C(CC(N)=O)NC(=O)O)C1=O. The Balaban J connectivity index is 2.15. The van der Waals surface area contributed by atoms with Gasteiger partial charge < -0.3 is 26.2 Å². The number of halogens is 1. The van der Waals surface area contributed by atoms with Gasteiger partial charge in [-0.25, -0.2) is 14.5 Å². The third kappa shape index (κ3) is 5.71. The van der Waals surface area contributed by atoms with E-state index < -0.39 is 49.0 Å². The van der Waals surface area contributed by atoms with Gasteiger partial charge in [0.25, 0.3) is 0 Å². The minimum atomic E-state index is -1.53. The number of anilines is 1. The number of amides is 6. The first-order valence-electron chi connectivity index (χ1n) is 8.65. The Bertz CT molecular complexity index is 862. The van der Waals surface area contributed by atoms with Gasteiger partial charge in [-0.15, -0.1) is 0 Å². The number of ether oxygens (including phenoxy) is 1. The standard InChI is InChI=1S/C17H20IN5O7/c1-30-12-3-2-9(18)6-11(12)22-5-4-14(25)23(17(22)29)8-20-15(26)10(7-13(19)24)21-16(27)28/h2-3,6,10,21H,4-5,7-8H2,1H3,(H2,19,24)(H,20,26)(H,27,28). The van der Waals surface area contributed by atoms with Gasteiger partial charge in [0.2, 0.25) is 17.7 Å². The molecule has 0 aliphatic carbocycles. The zero-order valence-electron chi connectivity index (χ0n) is 15.9. The zero-order valence-corrected chi connectivity index (χ0v) is 18.0. The maximum Gasteiger partial charge on any atom is 0.405 e. The fourth-order valence-electron chi connectivity index (χ4n) is 2.78. The summed E-state index contributed by atoms with van der Waals surface area (Å²) in [4.78, 5) is 61.4. The van der Waals surface area contributed by atoms with Crippen LogP contribution in [0.2, 0.25) is 0 Å². The molecule has 0 spiro atoms. The highest BCUT2D eigenvalue weighted by molar-refractivity contribution is 14.1. The Hall–Kier alpha value is -3.10. The van der Waals surface area contributed by atoms with Gasteiger partial charge in [0, 0.05) is 16.5 Å². The topological polar surface area (TPSA) is 171 Å². The third-order valence-corrected chi connectivity index (χ3v) is 4.85. The molecule has 1 heterocycles. The van der Waals surface area contributed by atoms with E-state index in [1.165, 1.54) is 12.0 Å². The lowest BCUT2D eigenvalue weighted by molar-refractivity contribution is -0.131. The molecule has 1 fully saturated rings. The Labute approximate surface area is 184 Å². The molecule has 5 N–H and O–H groups in total. The summed E-state index contributed by atoms with van der Waals surface area (Å²) in [5, 5.41) is 13.0. The number of nitrogens with zero attached hydrogens (tertiary/aromatic N) is 2. The first-order valence-corrected chi connectivity index (χ1v) is 9.72. The van der Waals surface area contributed by atoms with E-state index in [2.05, 4.69) is 27.9 Å². The molecule has 12 nitrogen and oxygen atoms in total. The third-order valence-electron chi connectivity index (χ3n) is 4.17. The maximum atomic E-state index is 12.9. The van der Waals surface area contributed by atoms with Gasteiger partial charge in [0.05, 0.1) is 19.2 Å². The Morgan fingerprint density at radius 3 is 2.63 bits per heavy atom. The number of rotatable bonds is 8. The van der Waals surface area contributed by atoms with Crippen molar-refractivity contribution >= 4 is 58.1 Å². The van der Waals surface area contributed by atoms with Crippen LogP contribution < -0.4 is 26.0 Å². The molecule has 0 bridgehead atoms. The van der Waals surface area contributed by atoms with Crippen molar-refractivity contribution in [3.8, 4) is 5.75 Å². The fraction of sp³-hybridized carbons (Fsp3) is 0.353. The van der Waals surface area contributed by atoms with Crippen molar-refractivity contribution in [1.29, 1.82) is 0 Å². The quantitative estimate of drug-likeness (QED) is 0.342. The van der Waals surface area contributed by atoms with E-state index in [1.54, 1.807) is 18.2 Å². The highest BCUT2D eigenvalue weighted by Gasteiger charge is 2.35. The number of carbonyl (C=O) groups excluding carboxylic acids is 4. The lowest BCUT2D eigenvalue weighted by atomic mass is 10.2. The fourth-order valence-corrected chi connectivity index (χ4v) is 3.26. The first kappa shape index (κ1) is 23.2. The number of hydrogen-bond acceptors (Lipinski definition) is 6. The largest absolute Gasteiger partial charge is 0.495 e. The van der Waals surface area contributed by atoms with Gasteiger partial charge in [0.15, 0.2) is 0 Å². The first-order chi connectivity index (χ1) is 14.1. The molecule has 30 heavy (non-hydrogen) atoms. The number of hydrogen-bond donors (Lipinski definition) is 4. The van der Waals surface area contributed by atoms with Crippen molar-refractivity contribution in [1.82, 2.24) is 15.5 Å². The van der Waals surface area contributed by atoms with Crippen LogP contribution in [0.5, 0.6) is 5.75 Å². The van der Waals surface area contributed by atoms with Gasteiger partial charge in [-0.05, 0) is 40.8 Å². The molecule has 1 unspecified atom stereocenters. The van der Waals surface area contributed by atoms with E-state index >= 15 is 0 Å². The Morgan fingerprint density at radius 2 is 2.03 bits per heavy atom. The van der Waals surface area contributed by atoms with Gasteiger partial charge in [-0.1, -0.05) is 0 Å². The summed E-state index contributed by atoms with van der Waals surface area (Å²) in [7, 11) is 1.46. The molecule has 1 aromatic carbocycles. The van der Waals surface area contributed by atoms with Crippen LogP contribution in [-0.2, 0) is 14.4 Å². The average molecular weight is 533 g/mol. The van der Waals surface area contributed by atoms with E-state index in [0.29, 0.717) is 11.4 Å². The highest BCUT2D eigenvalue weighted by Crippen LogP contribution is 2.32. The van der Waals surface area contributed by atoms with Gasteiger partial charge in [-0.3, -0.25) is 19.3 Å². The van der Waals surface area contributed by atoms with Crippen LogP contribution in [0.3, 0.4) is 0 Å². The van der Waals surface area contributed by atoms with Crippen LogP contribution in [0.25, 0.3) is 0 Å². The van der Waals surface area contributed by atoms with Gasteiger partial charge in [-0.2, -0.15) is 0 Å². The molecule has 13 heteroatoms. The average Bonchev–Trinajstić information content (AvgIpc) is 2.66. The van der Waals surface area contributed by atoms with Crippen molar-refractivity contribution in [2.45, 2.75) is 18.9 Å². The lowest BCUT2D eigenvalue weighted by Gasteiger charge is -2.35. The number of carbonyl (C=O) groups is 5. The Morgan fingerprint density at radius 1 is 1.33 bits per heavy atom. The molecule has 0 radical (unpaired) electrons. The molecule has 0 aromatic heterocycles. The van der Waals surface area contributed by atoms with Crippen molar-refractivity contribution in [3.63, 3.8) is 0 Å². The van der Waals surface area contributed by atoms with Crippen molar-refractivity contribution in [3.05, 3.63) is 21.8 Å². The molecule has 2 rings (SSSR count). The second kappa shape index (κ2) is 10.1. The molecule has 0 saturated carbocycles. The Kier molecular flexibility index (Phi) is 7.79. The normalized spacial score (nSPS) is 14.9. The number of nitrogens with one attached hydrogen (secondary N) is 2. The summed E-state index contributed by atoms with van der Waals surface area (Å²) in [5.41, 5.74) is 5.49. The van der Waals surface area contributed by atoms with E-state index in [0.717, 1.165) is 8.47 Å². The van der Waals surface area contributed by atoms with Crippen molar-refractivity contribution in [2.75, 3.05) is 25.2 Å². The van der Waals surface area contributed by atoms with Crippen LogP contribution in [-0.4, -0.2) is 66.2 Å². The lowest BCUT2D eigenvalue weighted by Crippen LogP contribution is -2.57. The molecule has 162 valence electrons. The van der Waals surface area contributed by atoms with Crippen LogP contribution in [0, 0.1) is 3.57 Å². The second-order valence-electron chi connectivity index (χ2n) is 6.19. The number of primary amides is 1. The van der Waals surface area contributed by atoms with Crippen LogP contribution in [0.15, 0.2) is 18.2 Å². The monoisotopic (exact) mass is 533 g/mol. The smallest absolute Gasteiger partial charge is 0.405 e. The highest BCUT2D eigenvalue weighted by atomic mass is 127. The number of carboxylic acid groups (broad SMARTS) is 1. The molecule has 1 aromatic rings. The maximum absolute atomic E-state index is 12.9. The molecule has 1 aliphatic rings. The predicted octanol–water partition coefficient (Wildman–Crippen LogP) is 0.0438. The van der Waals surface area contributed by atoms with E-state index in [1.807, 2.05) is 5.32 Å².